The van der Waals surface area contributed by atoms with Crippen LogP contribution in [0.1, 0.15) is 43.7 Å². The fourth-order valence-corrected chi connectivity index (χ4v) is 3.00. The fraction of sp³-hybridized carbons (Fsp3) is 0.625. The number of benzene rings is 1. The first-order valence-corrected chi connectivity index (χ1v) is 7.34. The quantitative estimate of drug-likeness (QED) is 0.904. The van der Waals surface area contributed by atoms with Gasteiger partial charge in [-0.25, -0.2) is 4.39 Å². The minimum Gasteiger partial charge on any atom is -0.328 e. The molecule has 1 aliphatic carbocycles. The molecule has 0 spiro atoms. The van der Waals surface area contributed by atoms with Crippen LogP contribution >= 0.6 is 0 Å². The molecule has 0 aliphatic heterocycles. The smallest absolute Gasteiger partial charge is 0.123 e. The van der Waals surface area contributed by atoms with E-state index in [1.807, 2.05) is 6.07 Å². The number of hydrogen-bond donors (Lipinski definition) is 1. The SMILES string of the molecule is CCN(Cc1cc(F)ccc1C)C1CCC(N)CC1. The molecule has 1 aliphatic rings. The summed E-state index contributed by atoms with van der Waals surface area (Å²) in [6, 6.07) is 6.06. The zero-order valence-electron chi connectivity index (χ0n) is 12.0. The molecule has 0 bridgehead atoms. The van der Waals surface area contributed by atoms with Crippen molar-refractivity contribution in [2.45, 2.75) is 58.2 Å². The number of aryl methyl sites for hydroxylation is 1. The van der Waals surface area contributed by atoms with E-state index in [1.165, 1.54) is 24.5 Å². The van der Waals surface area contributed by atoms with Crippen molar-refractivity contribution in [2.75, 3.05) is 6.54 Å². The van der Waals surface area contributed by atoms with E-state index in [9.17, 15) is 4.39 Å². The normalized spacial score (nSPS) is 23.8. The second-order valence-corrected chi connectivity index (χ2v) is 5.70. The minimum absolute atomic E-state index is 0.137. The summed E-state index contributed by atoms with van der Waals surface area (Å²) in [5.74, 6) is -0.137. The second kappa shape index (κ2) is 6.49. The van der Waals surface area contributed by atoms with E-state index >= 15 is 0 Å². The third-order valence-electron chi connectivity index (χ3n) is 4.35. The summed E-state index contributed by atoms with van der Waals surface area (Å²) in [6.07, 6.45) is 4.57. The number of halogens is 1. The molecule has 3 heteroatoms. The zero-order chi connectivity index (χ0) is 13.8. The molecule has 2 rings (SSSR count). The van der Waals surface area contributed by atoms with Gasteiger partial charge in [-0.2, -0.15) is 0 Å². The van der Waals surface area contributed by atoms with E-state index in [2.05, 4.69) is 18.7 Å². The molecule has 2 N–H and O–H groups in total. The molecule has 19 heavy (non-hydrogen) atoms. The van der Waals surface area contributed by atoms with Crippen LogP contribution in [0.2, 0.25) is 0 Å². The first-order chi connectivity index (χ1) is 9.10. The van der Waals surface area contributed by atoms with E-state index in [-0.39, 0.29) is 5.82 Å². The monoisotopic (exact) mass is 264 g/mol. The Hall–Kier alpha value is -0.930. The Labute approximate surface area is 115 Å². The predicted octanol–water partition coefficient (Wildman–Crippen LogP) is 3.23. The summed E-state index contributed by atoms with van der Waals surface area (Å²) in [6.45, 7) is 6.10. The Morgan fingerprint density at radius 2 is 1.95 bits per heavy atom. The molecule has 0 aromatic heterocycles. The van der Waals surface area contributed by atoms with Gasteiger partial charge in [-0.15, -0.1) is 0 Å². The highest BCUT2D eigenvalue weighted by Crippen LogP contribution is 2.24. The van der Waals surface area contributed by atoms with E-state index in [0.29, 0.717) is 12.1 Å². The van der Waals surface area contributed by atoms with Crippen molar-refractivity contribution in [1.82, 2.24) is 4.90 Å². The predicted molar refractivity (Wildman–Crippen MR) is 77.5 cm³/mol. The van der Waals surface area contributed by atoms with Gasteiger partial charge >= 0.3 is 0 Å². The molecule has 2 nitrogen and oxygen atoms in total. The summed E-state index contributed by atoms with van der Waals surface area (Å²) in [5.41, 5.74) is 8.25. The fourth-order valence-electron chi connectivity index (χ4n) is 3.00. The van der Waals surface area contributed by atoms with Gasteiger partial charge in [0.1, 0.15) is 5.82 Å². The first-order valence-electron chi connectivity index (χ1n) is 7.34. The van der Waals surface area contributed by atoms with E-state index in [0.717, 1.165) is 31.5 Å². The van der Waals surface area contributed by atoms with Crippen LogP contribution in [0.5, 0.6) is 0 Å². The summed E-state index contributed by atoms with van der Waals surface area (Å²) >= 11 is 0. The van der Waals surface area contributed by atoms with Crippen molar-refractivity contribution < 1.29 is 4.39 Å². The lowest BCUT2D eigenvalue weighted by Gasteiger charge is -2.35. The molecule has 0 atom stereocenters. The van der Waals surface area contributed by atoms with Crippen LogP contribution in [-0.2, 0) is 6.54 Å². The van der Waals surface area contributed by atoms with Crippen molar-refractivity contribution in [3.05, 3.63) is 35.1 Å². The van der Waals surface area contributed by atoms with Gasteiger partial charge in [0.2, 0.25) is 0 Å². The molecular weight excluding hydrogens is 239 g/mol. The van der Waals surface area contributed by atoms with Crippen LogP contribution < -0.4 is 5.73 Å². The summed E-state index contributed by atoms with van der Waals surface area (Å²) < 4.78 is 13.4. The zero-order valence-corrected chi connectivity index (χ0v) is 12.0. The van der Waals surface area contributed by atoms with Crippen LogP contribution in [-0.4, -0.2) is 23.5 Å². The van der Waals surface area contributed by atoms with Crippen molar-refractivity contribution >= 4 is 0 Å². The molecule has 0 amide bonds. The lowest BCUT2D eigenvalue weighted by Crippen LogP contribution is -2.40. The minimum atomic E-state index is -0.137. The van der Waals surface area contributed by atoms with Gasteiger partial charge in [0.25, 0.3) is 0 Å². The third-order valence-corrected chi connectivity index (χ3v) is 4.35. The van der Waals surface area contributed by atoms with Crippen molar-refractivity contribution in [3.8, 4) is 0 Å². The van der Waals surface area contributed by atoms with Crippen LogP contribution in [0.25, 0.3) is 0 Å². The average molecular weight is 264 g/mol. The molecule has 106 valence electrons. The third kappa shape index (κ3) is 3.77. The summed E-state index contributed by atoms with van der Waals surface area (Å²) in [5, 5.41) is 0. The van der Waals surface area contributed by atoms with Crippen molar-refractivity contribution in [1.29, 1.82) is 0 Å². The lowest BCUT2D eigenvalue weighted by molar-refractivity contribution is 0.149. The lowest BCUT2D eigenvalue weighted by atomic mass is 9.90. The molecule has 0 heterocycles. The molecule has 1 aromatic rings. The van der Waals surface area contributed by atoms with Crippen LogP contribution in [0, 0.1) is 12.7 Å². The maximum Gasteiger partial charge on any atom is 0.123 e. The van der Waals surface area contributed by atoms with Gasteiger partial charge in [-0.05, 0) is 62.4 Å². The summed E-state index contributed by atoms with van der Waals surface area (Å²) in [7, 11) is 0. The van der Waals surface area contributed by atoms with E-state index in [1.54, 1.807) is 6.07 Å². The Bertz CT molecular complexity index is 411. The molecule has 0 unspecified atom stereocenters. The molecule has 0 saturated heterocycles. The molecular formula is C16H25FN2. The van der Waals surface area contributed by atoms with Gasteiger partial charge in [0, 0.05) is 18.6 Å². The van der Waals surface area contributed by atoms with E-state index < -0.39 is 0 Å². The summed E-state index contributed by atoms with van der Waals surface area (Å²) in [4.78, 5) is 2.47. The van der Waals surface area contributed by atoms with Crippen LogP contribution in [0.4, 0.5) is 4.39 Å². The Balaban J connectivity index is 2.04. The number of hydrogen-bond acceptors (Lipinski definition) is 2. The van der Waals surface area contributed by atoms with Crippen molar-refractivity contribution in [3.63, 3.8) is 0 Å². The molecule has 1 fully saturated rings. The van der Waals surface area contributed by atoms with Gasteiger partial charge in [-0.1, -0.05) is 13.0 Å². The van der Waals surface area contributed by atoms with Crippen molar-refractivity contribution in [2.24, 2.45) is 5.73 Å². The Morgan fingerprint density at radius 1 is 1.26 bits per heavy atom. The standard InChI is InChI=1S/C16H25FN2/c1-3-19(16-8-6-15(18)7-9-16)11-13-10-14(17)5-4-12(13)2/h4-5,10,15-16H,3,6-9,11,18H2,1-2H3. The number of nitrogens with zero attached hydrogens (tertiary/aromatic N) is 1. The average Bonchev–Trinajstić information content (AvgIpc) is 2.41. The largest absolute Gasteiger partial charge is 0.328 e. The number of nitrogens with two attached hydrogens (primary N) is 1. The highest BCUT2D eigenvalue weighted by atomic mass is 19.1. The van der Waals surface area contributed by atoms with E-state index in [4.69, 9.17) is 5.73 Å². The first kappa shape index (κ1) is 14.5. The maximum atomic E-state index is 13.4. The second-order valence-electron chi connectivity index (χ2n) is 5.70. The van der Waals surface area contributed by atoms with Gasteiger partial charge in [0.05, 0.1) is 0 Å². The van der Waals surface area contributed by atoms with Gasteiger partial charge < -0.3 is 5.73 Å². The van der Waals surface area contributed by atoms with Gasteiger partial charge in [0.15, 0.2) is 0 Å². The topological polar surface area (TPSA) is 29.3 Å². The highest BCUT2D eigenvalue weighted by molar-refractivity contribution is 5.26. The van der Waals surface area contributed by atoms with Gasteiger partial charge in [-0.3, -0.25) is 4.90 Å². The Kier molecular flexibility index (Phi) is 4.94. The molecule has 0 radical (unpaired) electrons. The number of rotatable bonds is 4. The van der Waals surface area contributed by atoms with Crippen LogP contribution in [0.3, 0.4) is 0 Å². The molecule has 1 saturated carbocycles. The Morgan fingerprint density at radius 3 is 2.58 bits per heavy atom. The van der Waals surface area contributed by atoms with Crippen LogP contribution in [0.15, 0.2) is 18.2 Å². The maximum absolute atomic E-state index is 13.4. The molecule has 1 aromatic carbocycles. The highest BCUT2D eigenvalue weighted by Gasteiger charge is 2.23.